The van der Waals surface area contributed by atoms with Gasteiger partial charge in [-0.3, -0.25) is 4.79 Å². The first-order chi connectivity index (χ1) is 10.0. The summed E-state index contributed by atoms with van der Waals surface area (Å²) in [5.41, 5.74) is 1.62. The lowest BCUT2D eigenvalue weighted by Crippen LogP contribution is -2.40. The van der Waals surface area contributed by atoms with Crippen molar-refractivity contribution in [2.45, 2.75) is 39.7 Å². The number of halogens is 1. The standard InChI is InChI=1S/C16H22BrNO3/c1-3-16(4-2,15(19)20)10-18-9-12-8-13(17)7-11-5-6-21-14(11)12/h7-8,18H,3-6,9-10H2,1-2H3,(H,19,20). The largest absolute Gasteiger partial charge is 0.493 e. The molecule has 0 radical (unpaired) electrons. The third-order valence-corrected chi connectivity index (χ3v) is 4.87. The molecule has 5 heteroatoms. The van der Waals surface area contributed by atoms with Crippen LogP contribution in [0.15, 0.2) is 16.6 Å². The third kappa shape index (κ3) is 3.40. The minimum Gasteiger partial charge on any atom is -0.493 e. The molecule has 0 bridgehead atoms. The molecule has 0 amide bonds. The molecule has 21 heavy (non-hydrogen) atoms. The highest BCUT2D eigenvalue weighted by Crippen LogP contribution is 2.33. The molecule has 0 unspecified atom stereocenters. The summed E-state index contributed by atoms with van der Waals surface area (Å²) in [6, 6.07) is 4.13. The number of hydrogen-bond donors (Lipinski definition) is 2. The molecule has 116 valence electrons. The molecule has 1 heterocycles. The lowest BCUT2D eigenvalue weighted by Gasteiger charge is -2.27. The summed E-state index contributed by atoms with van der Waals surface area (Å²) in [5, 5.41) is 12.7. The van der Waals surface area contributed by atoms with E-state index in [-0.39, 0.29) is 0 Å². The number of carbonyl (C=O) groups is 1. The highest BCUT2D eigenvalue weighted by molar-refractivity contribution is 9.10. The number of rotatable bonds is 7. The predicted octanol–water partition coefficient (Wildman–Crippen LogP) is 3.36. The van der Waals surface area contributed by atoms with Gasteiger partial charge in [0.1, 0.15) is 5.75 Å². The first-order valence-electron chi connectivity index (χ1n) is 7.40. The van der Waals surface area contributed by atoms with E-state index in [2.05, 4.69) is 27.3 Å². The van der Waals surface area contributed by atoms with Crippen molar-refractivity contribution in [3.05, 3.63) is 27.7 Å². The Hall–Kier alpha value is -1.07. The normalized spacial score (nSPS) is 13.9. The van der Waals surface area contributed by atoms with E-state index in [9.17, 15) is 9.90 Å². The number of carboxylic acids is 1. The number of nitrogens with one attached hydrogen (secondary N) is 1. The van der Waals surface area contributed by atoms with Gasteiger partial charge in [0, 0.05) is 29.5 Å². The maximum atomic E-state index is 11.5. The first-order valence-corrected chi connectivity index (χ1v) is 8.20. The highest BCUT2D eigenvalue weighted by Gasteiger charge is 2.34. The van der Waals surface area contributed by atoms with Crippen LogP contribution in [0.4, 0.5) is 0 Å². The van der Waals surface area contributed by atoms with Gasteiger partial charge in [-0.1, -0.05) is 29.8 Å². The van der Waals surface area contributed by atoms with Crippen LogP contribution in [0, 0.1) is 5.41 Å². The van der Waals surface area contributed by atoms with Crippen LogP contribution in [0.2, 0.25) is 0 Å². The Morgan fingerprint density at radius 1 is 1.43 bits per heavy atom. The summed E-state index contributed by atoms with van der Waals surface area (Å²) >= 11 is 3.52. The molecule has 2 N–H and O–H groups in total. The molecule has 0 aliphatic carbocycles. The summed E-state index contributed by atoms with van der Waals surface area (Å²) in [6.45, 7) is 5.67. The summed E-state index contributed by atoms with van der Waals surface area (Å²) in [5.74, 6) is 0.232. The maximum absolute atomic E-state index is 11.5. The quantitative estimate of drug-likeness (QED) is 0.787. The molecular formula is C16H22BrNO3. The average molecular weight is 356 g/mol. The monoisotopic (exact) mass is 355 g/mol. The van der Waals surface area contributed by atoms with Crippen molar-refractivity contribution in [3.63, 3.8) is 0 Å². The van der Waals surface area contributed by atoms with Crippen molar-refractivity contribution in [1.29, 1.82) is 0 Å². The molecule has 1 aliphatic heterocycles. The van der Waals surface area contributed by atoms with Crippen LogP contribution in [-0.4, -0.2) is 24.2 Å². The fraction of sp³-hybridized carbons (Fsp3) is 0.562. The van der Waals surface area contributed by atoms with Crippen LogP contribution < -0.4 is 10.1 Å². The Bertz CT molecular complexity index is 526. The van der Waals surface area contributed by atoms with Crippen LogP contribution in [-0.2, 0) is 17.8 Å². The summed E-state index contributed by atoms with van der Waals surface area (Å²) in [7, 11) is 0. The van der Waals surface area contributed by atoms with Gasteiger partial charge in [-0.05, 0) is 30.5 Å². The van der Waals surface area contributed by atoms with Gasteiger partial charge in [0.2, 0.25) is 0 Å². The molecule has 1 aromatic rings. The molecule has 4 nitrogen and oxygen atoms in total. The van der Waals surface area contributed by atoms with Gasteiger partial charge in [0.15, 0.2) is 0 Å². The smallest absolute Gasteiger partial charge is 0.310 e. The number of hydrogen-bond acceptors (Lipinski definition) is 3. The minimum absolute atomic E-state index is 0.469. The highest BCUT2D eigenvalue weighted by atomic mass is 79.9. The first kappa shape index (κ1) is 16.3. The van der Waals surface area contributed by atoms with Crippen LogP contribution in [0.25, 0.3) is 0 Å². The van der Waals surface area contributed by atoms with E-state index in [1.807, 2.05) is 19.9 Å². The van der Waals surface area contributed by atoms with Gasteiger partial charge in [-0.25, -0.2) is 0 Å². The Morgan fingerprint density at radius 2 is 2.14 bits per heavy atom. The van der Waals surface area contributed by atoms with E-state index in [0.717, 1.165) is 28.8 Å². The van der Waals surface area contributed by atoms with E-state index < -0.39 is 11.4 Å². The number of fused-ring (bicyclic) bond motifs is 1. The molecular weight excluding hydrogens is 334 g/mol. The fourth-order valence-electron chi connectivity index (χ4n) is 2.79. The van der Waals surface area contributed by atoms with E-state index in [0.29, 0.717) is 25.9 Å². The van der Waals surface area contributed by atoms with Crippen molar-refractivity contribution in [1.82, 2.24) is 5.32 Å². The number of benzene rings is 1. The molecule has 0 saturated heterocycles. The van der Waals surface area contributed by atoms with Crippen molar-refractivity contribution >= 4 is 21.9 Å². The van der Waals surface area contributed by atoms with Gasteiger partial charge in [0.25, 0.3) is 0 Å². The molecule has 0 fully saturated rings. The van der Waals surface area contributed by atoms with Crippen LogP contribution in [0.3, 0.4) is 0 Å². The summed E-state index contributed by atoms with van der Waals surface area (Å²) in [4.78, 5) is 11.5. The summed E-state index contributed by atoms with van der Waals surface area (Å²) < 4.78 is 6.73. The zero-order valence-corrected chi connectivity index (χ0v) is 14.1. The lowest BCUT2D eigenvalue weighted by molar-refractivity contribution is -0.149. The molecule has 0 aromatic heterocycles. The molecule has 0 saturated carbocycles. The van der Waals surface area contributed by atoms with Gasteiger partial charge < -0.3 is 15.2 Å². The molecule has 0 spiro atoms. The lowest BCUT2D eigenvalue weighted by atomic mass is 9.82. The van der Waals surface area contributed by atoms with Crippen molar-refractivity contribution < 1.29 is 14.6 Å². The average Bonchev–Trinajstić information content (AvgIpc) is 2.91. The second-order valence-electron chi connectivity index (χ2n) is 5.55. The zero-order valence-electron chi connectivity index (χ0n) is 12.5. The minimum atomic E-state index is -0.726. The second-order valence-corrected chi connectivity index (χ2v) is 6.46. The zero-order chi connectivity index (χ0) is 15.5. The Kier molecular flexibility index (Phi) is 5.27. The number of carboxylic acid groups (broad SMARTS) is 1. The van der Waals surface area contributed by atoms with Gasteiger partial charge in [-0.15, -0.1) is 0 Å². The van der Waals surface area contributed by atoms with Crippen LogP contribution >= 0.6 is 15.9 Å². The Balaban J connectivity index is 2.06. The van der Waals surface area contributed by atoms with E-state index in [4.69, 9.17) is 4.74 Å². The Labute approximate surface area is 134 Å². The Morgan fingerprint density at radius 3 is 2.76 bits per heavy atom. The van der Waals surface area contributed by atoms with Crippen LogP contribution in [0.5, 0.6) is 5.75 Å². The third-order valence-electron chi connectivity index (χ3n) is 4.41. The summed E-state index contributed by atoms with van der Waals surface area (Å²) in [6.07, 6.45) is 2.18. The molecule has 1 aromatic carbocycles. The molecule has 0 atom stereocenters. The number of ether oxygens (including phenoxy) is 1. The van der Waals surface area contributed by atoms with Crippen molar-refractivity contribution in [2.24, 2.45) is 5.41 Å². The van der Waals surface area contributed by atoms with E-state index in [1.54, 1.807) is 0 Å². The fourth-order valence-corrected chi connectivity index (χ4v) is 3.34. The molecule has 1 aliphatic rings. The molecule has 2 rings (SSSR count). The van der Waals surface area contributed by atoms with Crippen molar-refractivity contribution in [3.8, 4) is 5.75 Å². The van der Waals surface area contributed by atoms with Gasteiger partial charge in [-0.2, -0.15) is 0 Å². The van der Waals surface area contributed by atoms with E-state index in [1.165, 1.54) is 5.56 Å². The van der Waals surface area contributed by atoms with Crippen LogP contribution in [0.1, 0.15) is 37.8 Å². The maximum Gasteiger partial charge on any atom is 0.310 e. The topological polar surface area (TPSA) is 58.6 Å². The predicted molar refractivity (Wildman–Crippen MR) is 85.7 cm³/mol. The van der Waals surface area contributed by atoms with Crippen molar-refractivity contribution in [2.75, 3.05) is 13.2 Å². The van der Waals surface area contributed by atoms with Gasteiger partial charge >= 0.3 is 5.97 Å². The SMILES string of the molecule is CCC(CC)(CNCc1cc(Br)cc2c1OCC2)C(=O)O. The number of aliphatic carboxylic acids is 1. The van der Waals surface area contributed by atoms with Gasteiger partial charge in [0.05, 0.1) is 12.0 Å². The second kappa shape index (κ2) is 6.79. The van der Waals surface area contributed by atoms with E-state index >= 15 is 0 Å².